The smallest absolute Gasteiger partial charge is 0.372 e. The topological polar surface area (TPSA) is 50.9 Å². The predicted octanol–water partition coefficient (Wildman–Crippen LogP) is 4.42. The van der Waals surface area contributed by atoms with Crippen molar-refractivity contribution >= 4 is 22.2 Å². The number of halogens is 4. The number of fused-ring (bicyclic) bond motifs is 1. The summed E-state index contributed by atoms with van der Waals surface area (Å²) in [5.41, 5.74) is -1.17. The van der Waals surface area contributed by atoms with Gasteiger partial charge in [-0.25, -0.2) is 9.07 Å². The summed E-state index contributed by atoms with van der Waals surface area (Å²) >= 11 is 0.723. The molecule has 0 aliphatic rings. The number of thiazole rings is 1. The average Bonchev–Trinajstić information content (AvgIpc) is 3.30. The van der Waals surface area contributed by atoms with Gasteiger partial charge in [-0.3, -0.25) is 4.98 Å². The van der Waals surface area contributed by atoms with Crippen molar-refractivity contribution in [3.63, 3.8) is 0 Å². The third kappa shape index (κ3) is 2.79. The molecule has 1 unspecified atom stereocenters. The Hall–Kier alpha value is -2.78. The maximum atomic E-state index is 13.7. The number of hydrogen-bond donors (Lipinski definition) is 1. The van der Waals surface area contributed by atoms with Crippen LogP contribution in [0.1, 0.15) is 10.4 Å². The second-order valence-corrected chi connectivity index (χ2v) is 6.77. The minimum absolute atomic E-state index is 0.319. The van der Waals surface area contributed by atoms with Gasteiger partial charge in [0.2, 0.25) is 5.60 Å². The zero-order valence-electron chi connectivity index (χ0n) is 13.5. The SMILES string of the molecule is OC(c1ccc2c(cnn2-c2ccc(F)cc2)c1)(c1cncs1)C(F)(F)F. The minimum atomic E-state index is -4.93. The highest BCUT2D eigenvalue weighted by atomic mass is 32.1. The summed E-state index contributed by atoms with van der Waals surface area (Å²) in [7, 11) is 0. The van der Waals surface area contributed by atoms with Crippen LogP contribution in [0.15, 0.2) is 60.4 Å². The molecule has 1 N–H and O–H groups in total. The van der Waals surface area contributed by atoms with Gasteiger partial charge in [0.15, 0.2) is 0 Å². The van der Waals surface area contributed by atoms with Crippen LogP contribution in [0.5, 0.6) is 0 Å². The Morgan fingerprint density at radius 2 is 1.74 bits per heavy atom. The van der Waals surface area contributed by atoms with Crippen LogP contribution < -0.4 is 0 Å². The fraction of sp³-hybridized carbons (Fsp3) is 0.111. The summed E-state index contributed by atoms with van der Waals surface area (Å²) in [6.07, 6.45) is -2.53. The molecule has 2 heterocycles. The Kier molecular flexibility index (Phi) is 4.01. The first-order valence-electron chi connectivity index (χ1n) is 7.73. The van der Waals surface area contributed by atoms with E-state index in [4.69, 9.17) is 0 Å². The van der Waals surface area contributed by atoms with Gasteiger partial charge in [-0.05, 0) is 42.0 Å². The lowest BCUT2D eigenvalue weighted by Gasteiger charge is -2.29. The van der Waals surface area contributed by atoms with E-state index in [0.29, 0.717) is 16.6 Å². The molecule has 4 rings (SSSR count). The van der Waals surface area contributed by atoms with E-state index in [1.807, 2.05) is 0 Å². The molecular formula is C18H11F4N3OS. The number of aromatic nitrogens is 3. The molecule has 4 nitrogen and oxygen atoms in total. The molecule has 0 bridgehead atoms. The van der Waals surface area contributed by atoms with Crippen LogP contribution in [0.25, 0.3) is 16.6 Å². The van der Waals surface area contributed by atoms with Crippen molar-refractivity contribution in [3.05, 3.63) is 76.6 Å². The van der Waals surface area contributed by atoms with Gasteiger partial charge >= 0.3 is 6.18 Å². The summed E-state index contributed by atoms with van der Waals surface area (Å²) < 4.78 is 55.8. The molecule has 0 saturated heterocycles. The summed E-state index contributed by atoms with van der Waals surface area (Å²) in [6.45, 7) is 0. The van der Waals surface area contributed by atoms with Crippen LogP contribution in [-0.4, -0.2) is 26.0 Å². The van der Waals surface area contributed by atoms with Crippen molar-refractivity contribution in [1.82, 2.24) is 14.8 Å². The van der Waals surface area contributed by atoms with Crippen LogP contribution in [0.2, 0.25) is 0 Å². The lowest BCUT2D eigenvalue weighted by Crippen LogP contribution is -2.42. The number of rotatable bonds is 3. The van der Waals surface area contributed by atoms with Gasteiger partial charge in [0, 0.05) is 11.6 Å². The first-order valence-corrected chi connectivity index (χ1v) is 8.61. The van der Waals surface area contributed by atoms with Crippen molar-refractivity contribution < 1.29 is 22.7 Å². The van der Waals surface area contributed by atoms with Gasteiger partial charge in [-0.2, -0.15) is 18.3 Å². The third-order valence-electron chi connectivity index (χ3n) is 4.26. The maximum Gasteiger partial charge on any atom is 0.426 e. The Morgan fingerprint density at radius 3 is 2.37 bits per heavy atom. The molecule has 1 atom stereocenters. The second-order valence-electron chi connectivity index (χ2n) is 5.88. The first-order chi connectivity index (χ1) is 12.8. The van der Waals surface area contributed by atoms with Crippen LogP contribution in [0.4, 0.5) is 17.6 Å². The largest absolute Gasteiger partial charge is 0.426 e. The van der Waals surface area contributed by atoms with Crippen LogP contribution in [0, 0.1) is 5.82 Å². The average molecular weight is 393 g/mol. The van der Waals surface area contributed by atoms with Crippen molar-refractivity contribution in [2.24, 2.45) is 0 Å². The van der Waals surface area contributed by atoms with E-state index in [-0.39, 0.29) is 10.4 Å². The monoisotopic (exact) mass is 393 g/mol. The number of benzene rings is 2. The van der Waals surface area contributed by atoms with Crippen LogP contribution >= 0.6 is 11.3 Å². The van der Waals surface area contributed by atoms with E-state index in [0.717, 1.165) is 17.5 Å². The Bertz CT molecular complexity index is 1090. The Morgan fingerprint density at radius 1 is 1.00 bits per heavy atom. The molecule has 2 aromatic carbocycles. The maximum absolute atomic E-state index is 13.7. The summed E-state index contributed by atoms with van der Waals surface area (Å²) in [4.78, 5) is 3.33. The van der Waals surface area contributed by atoms with Crippen molar-refractivity contribution in [1.29, 1.82) is 0 Å². The fourth-order valence-corrected chi connectivity index (χ4v) is 3.65. The molecule has 2 aromatic heterocycles. The number of hydrogen-bond acceptors (Lipinski definition) is 4. The Balaban J connectivity index is 1.86. The molecule has 27 heavy (non-hydrogen) atoms. The van der Waals surface area contributed by atoms with E-state index >= 15 is 0 Å². The molecule has 4 aromatic rings. The highest BCUT2D eigenvalue weighted by molar-refractivity contribution is 7.09. The fourth-order valence-electron chi connectivity index (χ4n) is 2.89. The number of aliphatic hydroxyl groups is 1. The summed E-state index contributed by atoms with van der Waals surface area (Å²) in [5.74, 6) is -0.405. The van der Waals surface area contributed by atoms with Crippen LogP contribution in [0.3, 0.4) is 0 Å². The molecule has 0 amide bonds. The van der Waals surface area contributed by atoms with Gasteiger partial charge in [-0.15, -0.1) is 11.3 Å². The zero-order valence-corrected chi connectivity index (χ0v) is 14.3. The Labute approximate surface area is 154 Å². The molecule has 0 aliphatic heterocycles. The van der Waals surface area contributed by atoms with Gasteiger partial charge in [0.25, 0.3) is 0 Å². The predicted molar refractivity (Wildman–Crippen MR) is 92.2 cm³/mol. The van der Waals surface area contributed by atoms with E-state index in [2.05, 4.69) is 10.1 Å². The van der Waals surface area contributed by atoms with Gasteiger partial charge in [0.1, 0.15) is 5.82 Å². The summed E-state index contributed by atoms with van der Waals surface area (Å²) in [6, 6.07) is 9.45. The third-order valence-corrected chi connectivity index (χ3v) is 5.14. The highest BCUT2D eigenvalue weighted by Gasteiger charge is 2.57. The lowest BCUT2D eigenvalue weighted by atomic mass is 9.91. The van der Waals surface area contributed by atoms with Crippen molar-refractivity contribution in [3.8, 4) is 5.69 Å². The molecule has 0 fully saturated rings. The first kappa shape index (κ1) is 17.6. The molecule has 0 radical (unpaired) electrons. The molecule has 9 heteroatoms. The van der Waals surface area contributed by atoms with E-state index in [1.54, 1.807) is 0 Å². The zero-order chi connectivity index (χ0) is 19.2. The van der Waals surface area contributed by atoms with Crippen molar-refractivity contribution in [2.45, 2.75) is 11.8 Å². The highest BCUT2D eigenvalue weighted by Crippen LogP contribution is 2.46. The summed E-state index contributed by atoms with van der Waals surface area (Å²) in [5, 5.41) is 15.1. The van der Waals surface area contributed by atoms with Gasteiger partial charge in [0.05, 0.1) is 27.8 Å². The molecular weight excluding hydrogens is 382 g/mol. The molecule has 0 spiro atoms. The standard InChI is InChI=1S/C18H11F4N3OS/c19-13-2-4-14(5-3-13)25-15-6-1-12(7-11(15)8-24-25)17(26,18(20,21)22)16-9-23-10-27-16/h1-10,26H. The van der Waals surface area contributed by atoms with Crippen molar-refractivity contribution in [2.75, 3.05) is 0 Å². The van der Waals surface area contributed by atoms with E-state index in [1.165, 1.54) is 58.9 Å². The second kappa shape index (κ2) is 6.14. The molecule has 138 valence electrons. The number of nitrogens with zero attached hydrogens (tertiary/aromatic N) is 3. The van der Waals surface area contributed by atoms with E-state index in [9.17, 15) is 22.7 Å². The van der Waals surface area contributed by atoms with Gasteiger partial charge < -0.3 is 5.11 Å². The van der Waals surface area contributed by atoms with Gasteiger partial charge in [-0.1, -0.05) is 6.07 Å². The van der Waals surface area contributed by atoms with Crippen LogP contribution in [-0.2, 0) is 5.60 Å². The number of alkyl halides is 3. The van der Waals surface area contributed by atoms with E-state index < -0.39 is 17.6 Å². The normalized spacial score (nSPS) is 14.4. The molecule has 0 saturated carbocycles. The lowest BCUT2D eigenvalue weighted by molar-refractivity contribution is -0.247. The quantitative estimate of drug-likeness (QED) is 0.525. The minimum Gasteiger partial charge on any atom is -0.372 e. The molecule has 0 aliphatic carbocycles.